The Morgan fingerprint density at radius 1 is 1.00 bits per heavy atom. The van der Waals surface area contributed by atoms with Gasteiger partial charge in [-0.05, 0) is 30.9 Å². The molecule has 0 aliphatic rings. The van der Waals surface area contributed by atoms with Crippen LogP contribution in [0.25, 0.3) is 27.8 Å². The van der Waals surface area contributed by atoms with Crippen molar-refractivity contribution in [2.24, 2.45) is 5.73 Å². The molecule has 0 atom stereocenters. The molecule has 0 bridgehead atoms. The highest BCUT2D eigenvalue weighted by Crippen LogP contribution is 2.31. The molecule has 0 spiro atoms. The molecule has 5 N–H and O–H groups in total. The number of para-hydroxylation sites is 1. The van der Waals surface area contributed by atoms with Crippen LogP contribution in [0.15, 0.2) is 67.0 Å². The highest BCUT2D eigenvalue weighted by molar-refractivity contribution is 5.94. The van der Waals surface area contributed by atoms with Crippen LogP contribution in [-0.2, 0) is 12.8 Å². The average Bonchev–Trinajstić information content (AvgIpc) is 3.39. The van der Waals surface area contributed by atoms with Crippen molar-refractivity contribution < 1.29 is 5.11 Å². The minimum Gasteiger partial charge on any atom is -0.493 e. The summed E-state index contributed by atoms with van der Waals surface area (Å²) in [5, 5.41) is 19.6. The lowest BCUT2D eigenvalue weighted by Gasteiger charge is -2.08. The largest absolute Gasteiger partial charge is 0.493 e. The van der Waals surface area contributed by atoms with Crippen LogP contribution in [0.4, 0.5) is 0 Å². The molecule has 33 heavy (non-hydrogen) atoms. The highest BCUT2D eigenvalue weighted by atomic mass is 16.3. The number of aryl methyl sites for hydroxylation is 1. The number of unbranched alkanes of at least 4 members (excludes halogenated alkanes) is 1. The summed E-state index contributed by atoms with van der Waals surface area (Å²) in [5.41, 5.74) is 11.5. The van der Waals surface area contributed by atoms with Gasteiger partial charge in [0.2, 0.25) is 5.88 Å². The first kappa shape index (κ1) is 20.8. The van der Waals surface area contributed by atoms with E-state index in [1.54, 1.807) is 4.40 Å². The lowest BCUT2D eigenvalue weighted by molar-refractivity contribution is 0.442. The van der Waals surface area contributed by atoms with Gasteiger partial charge in [0, 0.05) is 41.7 Å². The Kier molecular flexibility index (Phi) is 5.52. The van der Waals surface area contributed by atoms with Gasteiger partial charge in [0.25, 0.3) is 0 Å². The van der Waals surface area contributed by atoms with E-state index in [1.807, 2.05) is 60.9 Å². The number of imidazole rings is 1. The fourth-order valence-corrected chi connectivity index (χ4v) is 4.24. The number of aromatic hydroxyl groups is 1. The number of hydrogen-bond donors (Lipinski definition) is 4. The number of amidine groups is 1. The van der Waals surface area contributed by atoms with Gasteiger partial charge in [-0.25, -0.2) is 9.97 Å². The van der Waals surface area contributed by atoms with E-state index in [0.717, 1.165) is 46.3 Å². The smallest absolute Gasteiger partial charge is 0.219 e. The number of nitrogens with zero attached hydrogens (tertiary/aromatic N) is 3. The van der Waals surface area contributed by atoms with E-state index < -0.39 is 0 Å². The second-order valence-corrected chi connectivity index (χ2v) is 8.29. The third-order valence-electron chi connectivity index (χ3n) is 5.91. The normalized spacial score (nSPS) is 11.4. The fraction of sp³-hybridized carbons (Fsp3) is 0.192. The zero-order valence-electron chi connectivity index (χ0n) is 18.3. The predicted octanol–water partition coefficient (Wildman–Crippen LogP) is 4.82. The molecule has 0 aliphatic heterocycles. The Balaban J connectivity index is 1.59. The second-order valence-electron chi connectivity index (χ2n) is 8.29. The first-order chi connectivity index (χ1) is 16.1. The van der Waals surface area contributed by atoms with Crippen molar-refractivity contribution in [2.45, 2.75) is 32.1 Å². The van der Waals surface area contributed by atoms with Gasteiger partial charge < -0.3 is 15.8 Å². The molecule has 0 saturated heterocycles. The molecule has 3 aromatic heterocycles. The number of fused-ring (bicyclic) bond motifs is 2. The minimum atomic E-state index is 0.141. The lowest BCUT2D eigenvalue weighted by Crippen LogP contribution is -2.09. The highest BCUT2D eigenvalue weighted by Gasteiger charge is 2.18. The molecule has 7 heteroatoms. The lowest BCUT2D eigenvalue weighted by atomic mass is 10.1. The van der Waals surface area contributed by atoms with Crippen LogP contribution in [0.5, 0.6) is 5.88 Å². The quantitative estimate of drug-likeness (QED) is 0.158. The molecule has 0 amide bonds. The SMILES string of the molecule is N=C(N)CCCCc1nc(-c2c[nH]c3ccccc23)cn2c(O)c(Cc3ccccc3)nc12. The number of nitrogens with one attached hydrogen (secondary N) is 2. The molecule has 0 unspecified atom stereocenters. The Bertz CT molecular complexity index is 1430. The van der Waals surface area contributed by atoms with E-state index in [0.29, 0.717) is 30.6 Å². The van der Waals surface area contributed by atoms with Crippen molar-refractivity contribution in [1.82, 2.24) is 19.4 Å². The monoisotopic (exact) mass is 438 g/mol. The van der Waals surface area contributed by atoms with Crippen molar-refractivity contribution >= 4 is 22.4 Å². The van der Waals surface area contributed by atoms with Crippen LogP contribution < -0.4 is 5.73 Å². The van der Waals surface area contributed by atoms with Crippen LogP contribution >= 0.6 is 0 Å². The minimum absolute atomic E-state index is 0.141. The molecule has 0 radical (unpaired) electrons. The van der Waals surface area contributed by atoms with Gasteiger partial charge in [0.1, 0.15) is 5.69 Å². The summed E-state index contributed by atoms with van der Waals surface area (Å²) in [4.78, 5) is 13.1. The van der Waals surface area contributed by atoms with E-state index in [2.05, 4.69) is 11.1 Å². The number of H-pyrrole nitrogens is 1. The number of aromatic amines is 1. The molecule has 0 aliphatic carbocycles. The first-order valence-electron chi connectivity index (χ1n) is 11.1. The van der Waals surface area contributed by atoms with Crippen molar-refractivity contribution in [2.75, 3.05) is 0 Å². The number of hydrogen-bond acceptors (Lipinski definition) is 4. The van der Waals surface area contributed by atoms with Gasteiger partial charge >= 0.3 is 0 Å². The number of rotatable bonds is 8. The van der Waals surface area contributed by atoms with E-state index in [9.17, 15) is 5.11 Å². The van der Waals surface area contributed by atoms with Gasteiger partial charge in [-0.15, -0.1) is 0 Å². The molecule has 7 nitrogen and oxygen atoms in total. The standard InChI is InChI=1S/C26H26N6O/c27-24(28)13-7-6-12-21-25-31-22(14-17-8-2-1-3-9-17)26(33)32(25)16-23(30-21)19-15-29-20-11-5-4-10-18(19)20/h1-5,8-11,15-16,29,33H,6-7,12-14H2,(H3,27,28). The molecule has 2 aromatic carbocycles. The Morgan fingerprint density at radius 3 is 2.61 bits per heavy atom. The summed E-state index contributed by atoms with van der Waals surface area (Å²) in [6.07, 6.45) is 7.26. The third-order valence-corrected chi connectivity index (χ3v) is 5.91. The molecular weight excluding hydrogens is 412 g/mol. The molecule has 0 saturated carbocycles. The zero-order valence-corrected chi connectivity index (χ0v) is 18.3. The summed E-state index contributed by atoms with van der Waals surface area (Å²) in [6, 6.07) is 18.1. The van der Waals surface area contributed by atoms with Gasteiger partial charge in [-0.2, -0.15) is 0 Å². The Morgan fingerprint density at radius 2 is 1.79 bits per heavy atom. The molecule has 166 valence electrons. The summed E-state index contributed by atoms with van der Waals surface area (Å²) in [5.74, 6) is 0.339. The summed E-state index contributed by atoms with van der Waals surface area (Å²) in [6.45, 7) is 0. The van der Waals surface area contributed by atoms with E-state index in [1.165, 1.54) is 0 Å². The zero-order chi connectivity index (χ0) is 22.8. The summed E-state index contributed by atoms with van der Waals surface area (Å²) in [7, 11) is 0. The maximum absolute atomic E-state index is 11.1. The molecule has 5 aromatic rings. The molecular formula is C26H26N6O. The first-order valence-corrected chi connectivity index (χ1v) is 11.1. The summed E-state index contributed by atoms with van der Waals surface area (Å²) >= 11 is 0. The van der Waals surface area contributed by atoms with E-state index >= 15 is 0 Å². The average molecular weight is 439 g/mol. The number of nitrogens with two attached hydrogens (primary N) is 1. The van der Waals surface area contributed by atoms with Crippen molar-refractivity contribution in [3.05, 3.63) is 83.9 Å². The molecule has 3 heterocycles. The van der Waals surface area contributed by atoms with Crippen LogP contribution in [-0.4, -0.2) is 30.3 Å². The second kappa shape index (κ2) is 8.78. The van der Waals surface area contributed by atoms with Gasteiger partial charge in [0.05, 0.1) is 17.2 Å². The maximum atomic E-state index is 11.1. The van der Waals surface area contributed by atoms with Gasteiger partial charge in [0.15, 0.2) is 5.65 Å². The molecule has 5 rings (SSSR count). The van der Waals surface area contributed by atoms with Gasteiger partial charge in [-0.1, -0.05) is 48.5 Å². The van der Waals surface area contributed by atoms with Crippen LogP contribution in [0.1, 0.15) is 36.2 Å². The number of benzene rings is 2. The fourth-order valence-electron chi connectivity index (χ4n) is 4.24. The maximum Gasteiger partial charge on any atom is 0.219 e. The Labute approximate surface area is 191 Å². The van der Waals surface area contributed by atoms with Crippen LogP contribution in [0.3, 0.4) is 0 Å². The Hall–Kier alpha value is -4.13. The van der Waals surface area contributed by atoms with E-state index in [-0.39, 0.29) is 11.7 Å². The topological polar surface area (TPSA) is 116 Å². The van der Waals surface area contributed by atoms with Crippen molar-refractivity contribution in [3.63, 3.8) is 0 Å². The van der Waals surface area contributed by atoms with E-state index in [4.69, 9.17) is 21.1 Å². The molecule has 0 fully saturated rings. The van der Waals surface area contributed by atoms with Gasteiger partial charge in [-0.3, -0.25) is 9.81 Å². The van der Waals surface area contributed by atoms with Crippen molar-refractivity contribution in [1.29, 1.82) is 5.41 Å². The van der Waals surface area contributed by atoms with Crippen molar-refractivity contribution in [3.8, 4) is 17.1 Å². The summed E-state index contributed by atoms with van der Waals surface area (Å²) < 4.78 is 1.75. The number of aromatic nitrogens is 4. The third kappa shape index (κ3) is 4.17. The van der Waals surface area contributed by atoms with Crippen LogP contribution in [0, 0.1) is 5.41 Å². The predicted molar refractivity (Wildman–Crippen MR) is 131 cm³/mol. The van der Waals surface area contributed by atoms with Crippen LogP contribution in [0.2, 0.25) is 0 Å².